The Hall–Kier alpha value is -1.20. The topological polar surface area (TPSA) is 9.23 Å². The molecule has 0 aliphatic carbocycles. The van der Waals surface area contributed by atoms with E-state index in [2.05, 4.69) is 51.3 Å². The molecule has 0 heterocycles. The van der Waals surface area contributed by atoms with E-state index in [1.165, 1.54) is 23.7 Å². The average molecular weight is 289 g/mol. The van der Waals surface area contributed by atoms with Crippen molar-refractivity contribution in [3.05, 3.63) is 29.8 Å². The summed E-state index contributed by atoms with van der Waals surface area (Å²) in [5, 5.41) is 0. The Morgan fingerprint density at radius 2 is 1.60 bits per heavy atom. The fourth-order valence-electron chi connectivity index (χ4n) is 2.46. The molecule has 110 valence electrons. The zero-order valence-electron chi connectivity index (χ0n) is 13.6. The van der Waals surface area contributed by atoms with Crippen molar-refractivity contribution in [3.63, 3.8) is 0 Å². The molecule has 1 aromatic carbocycles. The Labute approximate surface area is 125 Å². The summed E-state index contributed by atoms with van der Waals surface area (Å²) in [5.41, 5.74) is 5.03. The molecule has 2 heteroatoms. The Bertz CT molecular complexity index is 440. The normalized spacial score (nSPS) is 12.4. The van der Waals surface area contributed by atoms with Crippen LogP contribution in [0.5, 0.6) is 5.75 Å². The van der Waals surface area contributed by atoms with Gasteiger partial charge in [0.15, 0.2) is 0 Å². The maximum Gasteiger partial charge on any atom is 0.137 e. The standard InChI is InChI=1S/C18H28OSi/c1-6-20(7-2,8-3)14-13-16(4)15-17-9-11-18(19-5)12-10-17/h9-12,16H,6-8,15H2,1-5H3. The van der Waals surface area contributed by atoms with E-state index in [-0.39, 0.29) is 0 Å². The largest absolute Gasteiger partial charge is 0.497 e. The minimum absolute atomic E-state index is 0.430. The van der Waals surface area contributed by atoms with Crippen LogP contribution in [0.1, 0.15) is 33.3 Å². The van der Waals surface area contributed by atoms with Gasteiger partial charge in [-0.15, -0.1) is 11.5 Å². The summed E-state index contributed by atoms with van der Waals surface area (Å²) in [6.07, 6.45) is 1.03. The maximum absolute atomic E-state index is 5.19. The lowest BCUT2D eigenvalue weighted by atomic mass is 10.0. The monoisotopic (exact) mass is 288 g/mol. The number of hydrogen-bond donors (Lipinski definition) is 0. The summed E-state index contributed by atoms with van der Waals surface area (Å²) >= 11 is 0. The Balaban J connectivity index is 2.69. The molecule has 1 atom stereocenters. The van der Waals surface area contributed by atoms with Crippen LogP contribution < -0.4 is 4.74 Å². The van der Waals surface area contributed by atoms with E-state index in [0.717, 1.165) is 12.2 Å². The molecule has 1 unspecified atom stereocenters. The molecular formula is C18H28OSi. The summed E-state index contributed by atoms with van der Waals surface area (Å²) in [5.74, 6) is 4.88. The molecule has 0 spiro atoms. The second kappa shape index (κ2) is 8.17. The van der Waals surface area contributed by atoms with Crippen LogP contribution in [0.15, 0.2) is 24.3 Å². The van der Waals surface area contributed by atoms with Crippen molar-refractivity contribution in [2.75, 3.05) is 7.11 Å². The molecule has 20 heavy (non-hydrogen) atoms. The Kier molecular flexibility index (Phi) is 6.88. The van der Waals surface area contributed by atoms with E-state index in [1.54, 1.807) is 7.11 Å². The fourth-order valence-corrected chi connectivity index (χ4v) is 5.04. The van der Waals surface area contributed by atoms with Crippen molar-refractivity contribution in [1.82, 2.24) is 0 Å². The van der Waals surface area contributed by atoms with Crippen LogP contribution in [0, 0.1) is 17.4 Å². The zero-order valence-corrected chi connectivity index (χ0v) is 14.6. The summed E-state index contributed by atoms with van der Waals surface area (Å²) in [6, 6.07) is 12.2. The van der Waals surface area contributed by atoms with Gasteiger partial charge >= 0.3 is 0 Å². The Morgan fingerprint density at radius 1 is 1.05 bits per heavy atom. The highest BCUT2D eigenvalue weighted by Gasteiger charge is 2.24. The smallest absolute Gasteiger partial charge is 0.137 e. The van der Waals surface area contributed by atoms with E-state index in [9.17, 15) is 0 Å². The van der Waals surface area contributed by atoms with Gasteiger partial charge in [-0.25, -0.2) is 0 Å². The summed E-state index contributed by atoms with van der Waals surface area (Å²) in [6.45, 7) is 9.16. The van der Waals surface area contributed by atoms with Gasteiger partial charge in [0.05, 0.1) is 7.11 Å². The fraction of sp³-hybridized carbons (Fsp3) is 0.556. The van der Waals surface area contributed by atoms with Gasteiger partial charge in [-0.3, -0.25) is 0 Å². The van der Waals surface area contributed by atoms with Crippen molar-refractivity contribution in [2.45, 2.75) is 52.2 Å². The molecule has 0 saturated carbocycles. The first-order chi connectivity index (χ1) is 9.59. The van der Waals surface area contributed by atoms with Crippen LogP contribution in [-0.2, 0) is 6.42 Å². The number of benzene rings is 1. The third-order valence-corrected chi connectivity index (χ3v) is 9.05. The number of hydrogen-bond acceptors (Lipinski definition) is 1. The van der Waals surface area contributed by atoms with Crippen molar-refractivity contribution >= 4 is 8.07 Å². The predicted molar refractivity (Wildman–Crippen MR) is 90.8 cm³/mol. The average Bonchev–Trinajstić information content (AvgIpc) is 2.50. The molecule has 0 N–H and O–H groups in total. The van der Waals surface area contributed by atoms with Crippen LogP contribution >= 0.6 is 0 Å². The molecule has 0 saturated heterocycles. The molecule has 1 nitrogen and oxygen atoms in total. The van der Waals surface area contributed by atoms with Crippen LogP contribution in [0.25, 0.3) is 0 Å². The molecule has 0 radical (unpaired) electrons. The first-order valence-corrected chi connectivity index (χ1v) is 10.4. The minimum atomic E-state index is -1.29. The van der Waals surface area contributed by atoms with E-state index in [1.807, 2.05) is 12.1 Å². The summed E-state index contributed by atoms with van der Waals surface area (Å²) in [7, 11) is 0.409. The molecule has 0 amide bonds. The molecule has 0 fully saturated rings. The third-order valence-electron chi connectivity index (χ3n) is 4.32. The zero-order chi connectivity index (χ0) is 15.0. The van der Waals surface area contributed by atoms with Gasteiger partial charge < -0.3 is 4.74 Å². The molecule has 0 bridgehead atoms. The van der Waals surface area contributed by atoms with Crippen molar-refractivity contribution in [1.29, 1.82) is 0 Å². The van der Waals surface area contributed by atoms with E-state index in [4.69, 9.17) is 4.74 Å². The number of rotatable bonds is 6. The van der Waals surface area contributed by atoms with Crippen molar-refractivity contribution in [3.8, 4) is 17.2 Å². The lowest BCUT2D eigenvalue weighted by Crippen LogP contribution is -2.29. The number of methoxy groups -OCH3 is 1. The van der Waals surface area contributed by atoms with Gasteiger partial charge in [0.25, 0.3) is 0 Å². The van der Waals surface area contributed by atoms with Gasteiger partial charge in [0.1, 0.15) is 13.8 Å². The van der Waals surface area contributed by atoms with Crippen LogP contribution in [0.2, 0.25) is 18.1 Å². The van der Waals surface area contributed by atoms with E-state index in [0.29, 0.717) is 5.92 Å². The summed E-state index contributed by atoms with van der Waals surface area (Å²) < 4.78 is 5.19. The quantitative estimate of drug-likeness (QED) is 0.533. The van der Waals surface area contributed by atoms with E-state index < -0.39 is 8.07 Å². The van der Waals surface area contributed by atoms with Gasteiger partial charge in [-0.1, -0.05) is 39.8 Å². The first-order valence-electron chi connectivity index (χ1n) is 7.74. The molecule has 1 rings (SSSR count). The van der Waals surface area contributed by atoms with Gasteiger partial charge in [-0.05, 0) is 42.2 Å². The highest BCUT2D eigenvalue weighted by Crippen LogP contribution is 2.19. The van der Waals surface area contributed by atoms with Gasteiger partial charge in [-0.2, -0.15) is 0 Å². The summed E-state index contributed by atoms with van der Waals surface area (Å²) in [4.78, 5) is 0. The third kappa shape index (κ3) is 4.72. The van der Waals surface area contributed by atoms with Crippen molar-refractivity contribution in [2.24, 2.45) is 5.92 Å². The SMILES string of the molecule is CC[Si](C#CC(C)Cc1ccc(OC)cc1)(CC)CC. The van der Waals surface area contributed by atoms with Gasteiger partial charge in [0, 0.05) is 5.92 Å². The minimum Gasteiger partial charge on any atom is -0.497 e. The number of ether oxygens (including phenoxy) is 1. The second-order valence-electron chi connectivity index (χ2n) is 5.56. The lowest BCUT2D eigenvalue weighted by molar-refractivity contribution is 0.414. The Morgan fingerprint density at radius 3 is 2.05 bits per heavy atom. The highest BCUT2D eigenvalue weighted by molar-refractivity contribution is 6.87. The second-order valence-corrected chi connectivity index (χ2v) is 10.5. The molecule has 0 aromatic heterocycles. The molecule has 1 aromatic rings. The van der Waals surface area contributed by atoms with Gasteiger partial charge in [0.2, 0.25) is 0 Å². The van der Waals surface area contributed by atoms with E-state index >= 15 is 0 Å². The van der Waals surface area contributed by atoms with Crippen LogP contribution in [0.4, 0.5) is 0 Å². The molecule has 0 aliphatic rings. The van der Waals surface area contributed by atoms with Crippen LogP contribution in [-0.4, -0.2) is 15.2 Å². The molecule has 0 aliphatic heterocycles. The predicted octanol–water partition coefficient (Wildman–Crippen LogP) is 4.92. The molecular weight excluding hydrogens is 260 g/mol. The lowest BCUT2D eigenvalue weighted by Gasteiger charge is -2.20. The first kappa shape index (κ1) is 16.9. The van der Waals surface area contributed by atoms with Crippen LogP contribution in [0.3, 0.4) is 0 Å². The maximum atomic E-state index is 5.19. The van der Waals surface area contributed by atoms with Crippen molar-refractivity contribution < 1.29 is 4.74 Å². The highest BCUT2D eigenvalue weighted by atomic mass is 28.3.